The molecule has 0 heterocycles. The lowest BCUT2D eigenvalue weighted by Crippen LogP contribution is -2.30. The Bertz CT molecular complexity index is 1490. The molecule has 0 fully saturated rings. The molecule has 0 saturated carbocycles. The number of carbonyl (C=O) groups excluding carboxylic acids is 3. The lowest BCUT2D eigenvalue weighted by Gasteiger charge is -2.18. The highest BCUT2D eigenvalue weighted by Gasteiger charge is 2.19. The number of unbranched alkanes of at least 4 members (excludes halogenated alkanes) is 25. The number of esters is 3. The summed E-state index contributed by atoms with van der Waals surface area (Å²) < 4.78 is 16.8. The van der Waals surface area contributed by atoms with E-state index in [1.807, 2.05) is 6.08 Å². The highest BCUT2D eigenvalue weighted by molar-refractivity contribution is 5.71. The molecular formula is C67H112O6. The summed E-state index contributed by atoms with van der Waals surface area (Å²) >= 11 is 0. The fourth-order valence-corrected chi connectivity index (χ4v) is 8.13. The van der Waals surface area contributed by atoms with Crippen molar-refractivity contribution in [3.05, 3.63) is 109 Å². The minimum Gasteiger partial charge on any atom is -0.462 e. The number of ether oxygens (including phenoxy) is 3. The molecule has 0 N–H and O–H groups in total. The zero-order valence-corrected chi connectivity index (χ0v) is 47.6. The molecule has 6 nitrogen and oxygen atoms in total. The van der Waals surface area contributed by atoms with Crippen LogP contribution in [0.25, 0.3) is 0 Å². The van der Waals surface area contributed by atoms with Gasteiger partial charge in [0.15, 0.2) is 6.10 Å². The molecule has 416 valence electrons. The van der Waals surface area contributed by atoms with Crippen molar-refractivity contribution in [3.63, 3.8) is 0 Å². The summed E-state index contributed by atoms with van der Waals surface area (Å²) in [6.07, 6.45) is 82.4. The van der Waals surface area contributed by atoms with Gasteiger partial charge < -0.3 is 14.2 Å². The molecule has 0 aromatic rings. The normalized spacial score (nSPS) is 12.9. The number of hydrogen-bond donors (Lipinski definition) is 0. The van der Waals surface area contributed by atoms with E-state index in [-0.39, 0.29) is 44.0 Å². The van der Waals surface area contributed by atoms with Crippen LogP contribution in [0.5, 0.6) is 0 Å². The molecule has 0 aromatic carbocycles. The second kappa shape index (κ2) is 60.6. The Morgan fingerprint density at radius 3 is 0.918 bits per heavy atom. The predicted molar refractivity (Wildman–Crippen MR) is 316 cm³/mol. The van der Waals surface area contributed by atoms with E-state index in [9.17, 15) is 14.4 Å². The van der Waals surface area contributed by atoms with E-state index < -0.39 is 6.10 Å². The summed E-state index contributed by atoms with van der Waals surface area (Å²) in [5.41, 5.74) is 0. The van der Waals surface area contributed by atoms with Crippen LogP contribution in [0, 0.1) is 0 Å². The molecule has 0 saturated heterocycles. The molecule has 0 bridgehead atoms. The molecule has 6 heteroatoms. The Kier molecular flexibility index (Phi) is 57.4. The number of rotatable bonds is 54. The van der Waals surface area contributed by atoms with Crippen molar-refractivity contribution in [1.29, 1.82) is 0 Å². The summed E-state index contributed by atoms with van der Waals surface area (Å²) in [5.74, 6) is -1.04. The highest BCUT2D eigenvalue weighted by Crippen LogP contribution is 2.15. The van der Waals surface area contributed by atoms with Gasteiger partial charge in [0.05, 0.1) is 0 Å². The first kappa shape index (κ1) is 69.1. The van der Waals surface area contributed by atoms with Crippen LogP contribution < -0.4 is 0 Å². The quantitative estimate of drug-likeness (QED) is 0.0261. The molecule has 0 rings (SSSR count). The van der Waals surface area contributed by atoms with Gasteiger partial charge in [-0.05, 0) is 122 Å². The van der Waals surface area contributed by atoms with Crippen molar-refractivity contribution in [3.8, 4) is 0 Å². The third-order valence-corrected chi connectivity index (χ3v) is 12.7. The van der Waals surface area contributed by atoms with Gasteiger partial charge in [0.25, 0.3) is 0 Å². The van der Waals surface area contributed by atoms with Crippen LogP contribution in [-0.2, 0) is 28.6 Å². The van der Waals surface area contributed by atoms with Crippen LogP contribution in [0.4, 0.5) is 0 Å². The Morgan fingerprint density at radius 1 is 0.274 bits per heavy atom. The van der Waals surface area contributed by atoms with E-state index in [1.54, 1.807) is 0 Å². The van der Waals surface area contributed by atoms with Gasteiger partial charge in [-0.1, -0.05) is 246 Å². The monoisotopic (exact) mass is 1010 g/mol. The topological polar surface area (TPSA) is 78.9 Å². The summed E-state index contributed by atoms with van der Waals surface area (Å²) in [7, 11) is 0. The Balaban J connectivity index is 4.50. The molecule has 0 aliphatic rings. The van der Waals surface area contributed by atoms with Crippen molar-refractivity contribution in [2.24, 2.45) is 0 Å². The van der Waals surface area contributed by atoms with Crippen molar-refractivity contribution in [2.45, 2.75) is 284 Å². The van der Waals surface area contributed by atoms with Gasteiger partial charge in [0.2, 0.25) is 0 Å². The third kappa shape index (κ3) is 58.8. The van der Waals surface area contributed by atoms with Crippen molar-refractivity contribution < 1.29 is 28.6 Å². The van der Waals surface area contributed by atoms with E-state index >= 15 is 0 Å². The van der Waals surface area contributed by atoms with E-state index in [0.29, 0.717) is 19.3 Å². The van der Waals surface area contributed by atoms with Crippen LogP contribution in [0.1, 0.15) is 278 Å². The molecule has 73 heavy (non-hydrogen) atoms. The SMILES string of the molecule is CCCCC/C=C\C/C=C\C/C=C\C/C=C\C/C=C\CCC(=O)OC[C@H](COC(=O)CCCCCCCCCCCCC/C=C\CCCCCCCC)OC(=O)CCCC/C=C\C/C=C\C/C=C\CCCCC. The van der Waals surface area contributed by atoms with Gasteiger partial charge in [-0.2, -0.15) is 0 Å². The average Bonchev–Trinajstić information content (AvgIpc) is 3.39. The Morgan fingerprint density at radius 2 is 0.521 bits per heavy atom. The van der Waals surface area contributed by atoms with Gasteiger partial charge in [-0.25, -0.2) is 0 Å². The van der Waals surface area contributed by atoms with Crippen molar-refractivity contribution >= 4 is 17.9 Å². The van der Waals surface area contributed by atoms with E-state index in [1.165, 1.54) is 154 Å². The van der Waals surface area contributed by atoms with Crippen molar-refractivity contribution in [1.82, 2.24) is 0 Å². The van der Waals surface area contributed by atoms with Gasteiger partial charge in [0, 0.05) is 19.3 Å². The molecule has 0 radical (unpaired) electrons. The molecule has 1 atom stereocenters. The van der Waals surface area contributed by atoms with Crippen LogP contribution >= 0.6 is 0 Å². The largest absolute Gasteiger partial charge is 0.462 e. The summed E-state index contributed by atoms with van der Waals surface area (Å²) in [6, 6.07) is 0. The van der Waals surface area contributed by atoms with E-state index in [4.69, 9.17) is 14.2 Å². The molecule has 0 amide bonds. The second-order valence-electron chi connectivity index (χ2n) is 19.9. The van der Waals surface area contributed by atoms with Gasteiger partial charge in [-0.15, -0.1) is 0 Å². The molecule has 0 aromatic heterocycles. The summed E-state index contributed by atoms with van der Waals surface area (Å²) in [4.78, 5) is 38.2. The number of hydrogen-bond acceptors (Lipinski definition) is 6. The lowest BCUT2D eigenvalue weighted by atomic mass is 10.0. The smallest absolute Gasteiger partial charge is 0.306 e. The highest BCUT2D eigenvalue weighted by atomic mass is 16.6. The Labute approximate surface area is 450 Å². The zero-order valence-electron chi connectivity index (χ0n) is 47.6. The van der Waals surface area contributed by atoms with Crippen molar-refractivity contribution in [2.75, 3.05) is 13.2 Å². The Hall–Kier alpha value is -3.93. The van der Waals surface area contributed by atoms with Gasteiger partial charge in [-0.3, -0.25) is 14.4 Å². The maximum absolute atomic E-state index is 12.8. The van der Waals surface area contributed by atoms with E-state index in [0.717, 1.165) is 70.6 Å². The molecule has 0 aliphatic carbocycles. The van der Waals surface area contributed by atoms with Gasteiger partial charge >= 0.3 is 17.9 Å². The maximum Gasteiger partial charge on any atom is 0.306 e. The number of carbonyl (C=O) groups is 3. The summed E-state index contributed by atoms with van der Waals surface area (Å²) in [6.45, 7) is 6.49. The molecular weight excluding hydrogens is 901 g/mol. The first-order chi connectivity index (χ1) is 36.0. The van der Waals surface area contributed by atoms with Crippen LogP contribution in [-0.4, -0.2) is 37.2 Å². The lowest BCUT2D eigenvalue weighted by molar-refractivity contribution is -0.166. The zero-order chi connectivity index (χ0) is 52.9. The third-order valence-electron chi connectivity index (χ3n) is 12.7. The maximum atomic E-state index is 12.8. The predicted octanol–water partition coefficient (Wildman–Crippen LogP) is 20.7. The van der Waals surface area contributed by atoms with Crippen LogP contribution in [0.2, 0.25) is 0 Å². The molecule has 0 aliphatic heterocycles. The first-order valence-electron chi connectivity index (χ1n) is 30.4. The number of allylic oxidation sites excluding steroid dienone is 18. The fourth-order valence-electron chi connectivity index (χ4n) is 8.13. The van der Waals surface area contributed by atoms with E-state index in [2.05, 4.69) is 124 Å². The fraction of sp³-hybridized carbons (Fsp3) is 0.687. The first-order valence-corrected chi connectivity index (χ1v) is 30.4. The van der Waals surface area contributed by atoms with Gasteiger partial charge in [0.1, 0.15) is 13.2 Å². The second-order valence-corrected chi connectivity index (χ2v) is 19.9. The molecule has 0 spiro atoms. The molecule has 0 unspecified atom stereocenters. The van der Waals surface area contributed by atoms with Crippen LogP contribution in [0.3, 0.4) is 0 Å². The standard InChI is InChI=1S/C67H112O6/c1-4-7-10-13-16-19-22-25-28-30-32-33-35-37-40-42-45-48-51-54-57-60-66(69)72-63-64(73-67(70)61-58-55-52-49-46-43-38-27-24-21-18-15-12-9-6-3)62-71-65(68)59-56-53-50-47-44-41-39-36-34-31-29-26-23-20-17-14-11-8-5-2/h17-18,20-21,25-29,34,36,38,41,44,46,49-50,53,64H,4-16,19,22-24,30-33,35,37,39-40,42-43,45,47-48,51-52,54-63H2,1-3H3/b20-17-,21-18-,28-25-,29-26-,36-34-,38-27-,44-41-,49-46-,53-50-/t64-/m1/s1. The van der Waals surface area contributed by atoms with Crippen LogP contribution in [0.15, 0.2) is 109 Å². The summed E-state index contributed by atoms with van der Waals surface area (Å²) in [5, 5.41) is 0. The average molecular weight is 1010 g/mol. The minimum absolute atomic E-state index is 0.117. The minimum atomic E-state index is -0.831.